The van der Waals surface area contributed by atoms with Crippen molar-refractivity contribution in [3.8, 4) is 5.75 Å². The normalized spacial score (nSPS) is 25.8. The van der Waals surface area contributed by atoms with Crippen molar-refractivity contribution in [1.29, 1.82) is 0 Å². The van der Waals surface area contributed by atoms with E-state index in [1.165, 1.54) is 25.1 Å². The second kappa shape index (κ2) is 5.54. The van der Waals surface area contributed by atoms with Crippen molar-refractivity contribution < 1.29 is 4.74 Å². The van der Waals surface area contributed by atoms with E-state index in [1.54, 1.807) is 7.11 Å². The lowest BCUT2D eigenvalue weighted by molar-refractivity contribution is 0.134. The number of nitrogens with zero attached hydrogens (tertiary/aromatic N) is 1. The molecule has 0 aromatic heterocycles. The fourth-order valence-corrected chi connectivity index (χ4v) is 2.95. The van der Waals surface area contributed by atoms with E-state index in [4.69, 9.17) is 4.74 Å². The quantitative estimate of drug-likeness (QED) is 0.795. The van der Waals surface area contributed by atoms with Gasteiger partial charge >= 0.3 is 0 Å². The SMILES string of the molecule is COc1cccc(CN2CC(C)CC(C)C2)c1. The third-order valence-electron chi connectivity index (χ3n) is 3.48. The van der Waals surface area contributed by atoms with Crippen LogP contribution in [0.25, 0.3) is 0 Å². The molecule has 0 saturated carbocycles. The zero-order valence-corrected chi connectivity index (χ0v) is 11.1. The summed E-state index contributed by atoms with van der Waals surface area (Å²) < 4.78 is 5.27. The fraction of sp³-hybridized carbons (Fsp3) is 0.600. The minimum Gasteiger partial charge on any atom is -0.497 e. The molecule has 1 saturated heterocycles. The first kappa shape index (κ1) is 12.4. The summed E-state index contributed by atoms with van der Waals surface area (Å²) in [6, 6.07) is 8.41. The number of hydrogen-bond acceptors (Lipinski definition) is 2. The summed E-state index contributed by atoms with van der Waals surface area (Å²) in [5.74, 6) is 2.61. The monoisotopic (exact) mass is 233 g/mol. The molecule has 0 spiro atoms. The lowest BCUT2D eigenvalue weighted by Crippen LogP contribution is -2.38. The number of likely N-dealkylation sites (tertiary alicyclic amines) is 1. The number of rotatable bonds is 3. The van der Waals surface area contributed by atoms with E-state index in [0.717, 1.165) is 24.1 Å². The molecule has 1 aliphatic heterocycles. The molecule has 2 nitrogen and oxygen atoms in total. The van der Waals surface area contributed by atoms with Crippen LogP contribution in [-0.2, 0) is 6.54 Å². The fourth-order valence-electron chi connectivity index (χ4n) is 2.95. The Labute approximate surface area is 105 Å². The van der Waals surface area contributed by atoms with Crippen molar-refractivity contribution in [3.63, 3.8) is 0 Å². The molecule has 2 heteroatoms. The van der Waals surface area contributed by atoms with E-state index in [0.29, 0.717) is 0 Å². The van der Waals surface area contributed by atoms with Gasteiger partial charge in [0.25, 0.3) is 0 Å². The molecule has 1 aromatic rings. The van der Waals surface area contributed by atoms with Crippen LogP contribution in [0.3, 0.4) is 0 Å². The Balaban J connectivity index is 1.99. The highest BCUT2D eigenvalue weighted by molar-refractivity contribution is 5.28. The van der Waals surface area contributed by atoms with Crippen LogP contribution >= 0.6 is 0 Å². The third-order valence-corrected chi connectivity index (χ3v) is 3.48. The van der Waals surface area contributed by atoms with Crippen molar-refractivity contribution in [2.24, 2.45) is 11.8 Å². The van der Waals surface area contributed by atoms with Crippen LogP contribution in [0, 0.1) is 11.8 Å². The summed E-state index contributed by atoms with van der Waals surface area (Å²) >= 11 is 0. The molecule has 0 bridgehead atoms. The molecule has 1 heterocycles. The van der Waals surface area contributed by atoms with Crippen molar-refractivity contribution in [3.05, 3.63) is 29.8 Å². The minimum atomic E-state index is 0.823. The lowest BCUT2D eigenvalue weighted by Gasteiger charge is -2.35. The largest absolute Gasteiger partial charge is 0.497 e. The topological polar surface area (TPSA) is 12.5 Å². The van der Waals surface area contributed by atoms with Gasteiger partial charge in [-0.1, -0.05) is 26.0 Å². The Bertz CT molecular complexity index is 354. The Hall–Kier alpha value is -1.02. The first-order chi connectivity index (χ1) is 8.17. The van der Waals surface area contributed by atoms with Crippen LogP contribution in [0.4, 0.5) is 0 Å². The Morgan fingerprint density at radius 1 is 1.24 bits per heavy atom. The van der Waals surface area contributed by atoms with Gasteiger partial charge in [-0.3, -0.25) is 4.90 Å². The zero-order valence-electron chi connectivity index (χ0n) is 11.1. The summed E-state index contributed by atoms with van der Waals surface area (Å²) in [6.07, 6.45) is 1.37. The average molecular weight is 233 g/mol. The van der Waals surface area contributed by atoms with Crippen LogP contribution in [0.15, 0.2) is 24.3 Å². The number of benzene rings is 1. The highest BCUT2D eigenvalue weighted by Crippen LogP contribution is 2.23. The van der Waals surface area contributed by atoms with Crippen LogP contribution in [0.2, 0.25) is 0 Å². The molecule has 94 valence electrons. The molecule has 2 atom stereocenters. The predicted octanol–water partition coefficient (Wildman–Crippen LogP) is 3.17. The first-order valence-corrected chi connectivity index (χ1v) is 6.52. The lowest BCUT2D eigenvalue weighted by atomic mass is 9.91. The van der Waals surface area contributed by atoms with Gasteiger partial charge in [-0.25, -0.2) is 0 Å². The van der Waals surface area contributed by atoms with Gasteiger partial charge in [0, 0.05) is 19.6 Å². The molecule has 2 unspecified atom stereocenters. The molecule has 0 radical (unpaired) electrons. The number of hydrogen-bond donors (Lipinski definition) is 0. The average Bonchev–Trinajstić information content (AvgIpc) is 2.28. The summed E-state index contributed by atoms with van der Waals surface area (Å²) in [5.41, 5.74) is 1.35. The maximum absolute atomic E-state index is 5.27. The second-order valence-electron chi connectivity index (χ2n) is 5.49. The molecule has 0 amide bonds. The zero-order chi connectivity index (χ0) is 12.3. The van der Waals surface area contributed by atoms with Gasteiger partial charge in [0.15, 0.2) is 0 Å². The van der Waals surface area contributed by atoms with Crippen LogP contribution < -0.4 is 4.74 Å². The van der Waals surface area contributed by atoms with Crippen LogP contribution in [0.1, 0.15) is 25.8 Å². The summed E-state index contributed by atoms with van der Waals surface area (Å²) in [6.45, 7) is 8.21. The molecule has 0 aliphatic carbocycles. The molecule has 17 heavy (non-hydrogen) atoms. The molecular formula is C15H23NO. The predicted molar refractivity (Wildman–Crippen MR) is 71.2 cm³/mol. The van der Waals surface area contributed by atoms with Gasteiger partial charge < -0.3 is 4.74 Å². The smallest absolute Gasteiger partial charge is 0.119 e. The Morgan fingerprint density at radius 2 is 1.94 bits per heavy atom. The Morgan fingerprint density at radius 3 is 2.59 bits per heavy atom. The van der Waals surface area contributed by atoms with Crippen LogP contribution in [-0.4, -0.2) is 25.1 Å². The highest BCUT2D eigenvalue weighted by atomic mass is 16.5. The van der Waals surface area contributed by atoms with Gasteiger partial charge in [-0.15, -0.1) is 0 Å². The molecule has 1 fully saturated rings. The summed E-state index contributed by atoms with van der Waals surface area (Å²) in [7, 11) is 1.73. The summed E-state index contributed by atoms with van der Waals surface area (Å²) in [5, 5.41) is 0. The Kier molecular flexibility index (Phi) is 4.06. The van der Waals surface area contributed by atoms with Gasteiger partial charge in [0.2, 0.25) is 0 Å². The van der Waals surface area contributed by atoms with Crippen molar-refractivity contribution in [1.82, 2.24) is 4.90 Å². The number of piperidine rings is 1. The highest BCUT2D eigenvalue weighted by Gasteiger charge is 2.21. The second-order valence-corrected chi connectivity index (χ2v) is 5.49. The first-order valence-electron chi connectivity index (χ1n) is 6.52. The molecular weight excluding hydrogens is 210 g/mol. The maximum Gasteiger partial charge on any atom is 0.119 e. The van der Waals surface area contributed by atoms with Gasteiger partial charge in [-0.2, -0.15) is 0 Å². The number of methoxy groups -OCH3 is 1. The maximum atomic E-state index is 5.27. The van der Waals surface area contributed by atoms with Crippen molar-refractivity contribution >= 4 is 0 Å². The van der Waals surface area contributed by atoms with E-state index in [1.807, 2.05) is 6.07 Å². The van der Waals surface area contributed by atoms with Crippen molar-refractivity contribution in [2.75, 3.05) is 20.2 Å². The van der Waals surface area contributed by atoms with E-state index < -0.39 is 0 Å². The van der Waals surface area contributed by atoms with E-state index in [-0.39, 0.29) is 0 Å². The van der Waals surface area contributed by atoms with Gasteiger partial charge in [0.1, 0.15) is 5.75 Å². The molecule has 0 N–H and O–H groups in total. The molecule has 1 aliphatic rings. The number of ether oxygens (including phenoxy) is 1. The van der Waals surface area contributed by atoms with E-state index in [9.17, 15) is 0 Å². The van der Waals surface area contributed by atoms with E-state index >= 15 is 0 Å². The standard InChI is InChI=1S/C15H23NO/c1-12-7-13(2)10-16(9-12)11-14-5-4-6-15(8-14)17-3/h4-6,8,12-13H,7,9-11H2,1-3H3. The molecule has 1 aromatic carbocycles. The van der Waals surface area contributed by atoms with Gasteiger partial charge in [0.05, 0.1) is 7.11 Å². The molecule has 2 rings (SSSR count). The van der Waals surface area contributed by atoms with Crippen LogP contribution in [0.5, 0.6) is 5.75 Å². The van der Waals surface area contributed by atoms with Crippen molar-refractivity contribution in [2.45, 2.75) is 26.8 Å². The third kappa shape index (κ3) is 3.47. The summed E-state index contributed by atoms with van der Waals surface area (Å²) in [4.78, 5) is 2.56. The van der Waals surface area contributed by atoms with Gasteiger partial charge in [-0.05, 0) is 36.0 Å². The van der Waals surface area contributed by atoms with E-state index in [2.05, 4.69) is 36.9 Å². The minimum absolute atomic E-state index is 0.823.